The number of carboxylic acids is 1. The molecule has 0 radical (unpaired) electrons. The van der Waals surface area contributed by atoms with E-state index in [1.165, 1.54) is 6.08 Å². The molecule has 0 aliphatic rings. The van der Waals surface area contributed by atoms with Crippen LogP contribution in [-0.4, -0.2) is 11.1 Å². The van der Waals surface area contributed by atoms with Crippen molar-refractivity contribution in [2.45, 2.75) is 27.7 Å². The van der Waals surface area contributed by atoms with Crippen LogP contribution in [0.25, 0.3) is 6.08 Å². The van der Waals surface area contributed by atoms with E-state index in [1.807, 2.05) is 27.7 Å². The molecule has 0 saturated heterocycles. The fourth-order valence-electron chi connectivity index (χ4n) is 0.833. The van der Waals surface area contributed by atoms with E-state index >= 15 is 0 Å². The lowest BCUT2D eigenvalue weighted by Gasteiger charge is -1.98. The van der Waals surface area contributed by atoms with Crippen molar-refractivity contribution in [3.05, 3.63) is 34.9 Å². The van der Waals surface area contributed by atoms with E-state index in [-0.39, 0.29) is 0 Å². The molecule has 0 heterocycles. The largest absolute Gasteiger partial charge is 0.478 e. The number of hydrogen-bond acceptors (Lipinski definition) is 2. The van der Waals surface area contributed by atoms with Gasteiger partial charge in [0.2, 0.25) is 0 Å². The summed E-state index contributed by atoms with van der Waals surface area (Å²) in [4.78, 5) is 10.2. The van der Waals surface area contributed by atoms with Crippen molar-refractivity contribution in [2.24, 2.45) is 0 Å². The van der Waals surface area contributed by atoms with E-state index in [4.69, 9.17) is 22.4 Å². The molecule has 1 aromatic rings. The minimum absolute atomic E-state index is 0.439. The number of halogens is 1. The molecule has 0 fully saturated rings. The van der Waals surface area contributed by atoms with Gasteiger partial charge >= 0.3 is 5.97 Å². The second-order valence-electron chi connectivity index (χ2n) is 2.45. The molecule has 0 aromatic heterocycles. The lowest BCUT2D eigenvalue weighted by molar-refractivity contribution is -0.131. The Labute approximate surface area is 108 Å². The van der Waals surface area contributed by atoms with E-state index in [9.17, 15) is 4.79 Å². The average Bonchev–Trinajstić information content (AvgIpc) is 2.36. The van der Waals surface area contributed by atoms with Crippen LogP contribution in [0.15, 0.2) is 24.3 Å². The van der Waals surface area contributed by atoms with Crippen molar-refractivity contribution in [2.75, 3.05) is 5.73 Å². The molecule has 3 nitrogen and oxygen atoms in total. The van der Waals surface area contributed by atoms with Gasteiger partial charge in [-0.3, -0.25) is 0 Å². The fraction of sp³-hybridized carbons (Fsp3) is 0.308. The Bertz CT molecular complexity index is 362. The zero-order valence-electron chi connectivity index (χ0n) is 10.7. The predicted molar refractivity (Wildman–Crippen MR) is 75.2 cm³/mol. The van der Waals surface area contributed by atoms with Gasteiger partial charge in [0.05, 0.1) is 10.7 Å². The summed E-state index contributed by atoms with van der Waals surface area (Å²) in [5, 5.41) is 8.82. The zero-order valence-corrected chi connectivity index (χ0v) is 11.5. The molecule has 0 atom stereocenters. The minimum Gasteiger partial charge on any atom is -0.478 e. The van der Waals surface area contributed by atoms with Gasteiger partial charge in [-0.15, -0.1) is 0 Å². The van der Waals surface area contributed by atoms with E-state index < -0.39 is 5.97 Å². The standard InChI is InChI=1S/C9H8ClNO2.2C2H6/c10-7-3-1-6(5-8(7)11)2-4-9(12)13;2*1-2/h1-5H,11H2,(H,12,13);2*1-2H3/b4-2+;;. The molecule has 0 spiro atoms. The van der Waals surface area contributed by atoms with Gasteiger partial charge < -0.3 is 10.8 Å². The highest BCUT2D eigenvalue weighted by molar-refractivity contribution is 6.33. The van der Waals surface area contributed by atoms with Gasteiger partial charge in [-0.25, -0.2) is 4.79 Å². The second-order valence-corrected chi connectivity index (χ2v) is 2.86. The molecule has 0 saturated carbocycles. The van der Waals surface area contributed by atoms with Crippen molar-refractivity contribution in [3.63, 3.8) is 0 Å². The quantitative estimate of drug-likeness (QED) is 0.620. The predicted octanol–water partition coefficient (Wildman–Crippen LogP) is 4.07. The van der Waals surface area contributed by atoms with E-state index in [1.54, 1.807) is 18.2 Å². The van der Waals surface area contributed by atoms with Crippen LogP contribution in [0.3, 0.4) is 0 Å². The van der Waals surface area contributed by atoms with Crippen LogP contribution in [0.5, 0.6) is 0 Å². The summed E-state index contributed by atoms with van der Waals surface area (Å²) in [5.74, 6) is -0.992. The highest BCUT2D eigenvalue weighted by atomic mass is 35.5. The van der Waals surface area contributed by atoms with Gasteiger partial charge in [0.1, 0.15) is 0 Å². The maximum Gasteiger partial charge on any atom is 0.328 e. The van der Waals surface area contributed by atoms with Gasteiger partial charge in [0.25, 0.3) is 0 Å². The van der Waals surface area contributed by atoms with Gasteiger partial charge in [0, 0.05) is 6.08 Å². The first-order valence-corrected chi connectivity index (χ1v) is 5.93. The highest BCUT2D eigenvalue weighted by Crippen LogP contribution is 2.19. The first-order chi connectivity index (χ1) is 8.09. The molecular weight excluding hydrogens is 238 g/mol. The molecule has 3 N–H and O–H groups in total. The van der Waals surface area contributed by atoms with Crippen molar-refractivity contribution in [1.29, 1.82) is 0 Å². The summed E-state index contributed by atoms with van der Waals surface area (Å²) in [6.07, 6.45) is 2.50. The normalized spacial score (nSPS) is 8.76. The number of aliphatic carboxylic acids is 1. The van der Waals surface area contributed by atoms with E-state index in [2.05, 4.69) is 0 Å². The molecule has 17 heavy (non-hydrogen) atoms. The lowest BCUT2D eigenvalue weighted by atomic mass is 10.2. The topological polar surface area (TPSA) is 63.3 Å². The van der Waals surface area contributed by atoms with Crippen LogP contribution in [0.4, 0.5) is 5.69 Å². The first kappa shape index (κ1) is 17.9. The molecular formula is C13H20ClNO2. The Balaban J connectivity index is 0. The van der Waals surface area contributed by atoms with Crippen molar-refractivity contribution in [3.8, 4) is 0 Å². The summed E-state index contributed by atoms with van der Waals surface area (Å²) in [6.45, 7) is 8.00. The molecule has 0 amide bonds. The molecule has 1 rings (SSSR count). The summed E-state index contributed by atoms with van der Waals surface area (Å²) in [5.41, 5.74) is 6.67. The Morgan fingerprint density at radius 2 is 1.82 bits per heavy atom. The SMILES string of the molecule is CC.CC.Nc1cc(/C=C/C(=O)O)ccc1Cl. The van der Waals surface area contributed by atoms with Crippen LogP contribution in [-0.2, 0) is 4.79 Å². The third-order valence-electron chi connectivity index (χ3n) is 1.44. The van der Waals surface area contributed by atoms with Crippen molar-refractivity contribution >= 4 is 29.3 Å². The third-order valence-corrected chi connectivity index (χ3v) is 1.78. The number of carboxylic acid groups (broad SMARTS) is 1. The Morgan fingerprint density at radius 1 is 1.29 bits per heavy atom. The molecule has 0 aliphatic heterocycles. The summed E-state index contributed by atoms with van der Waals surface area (Å²) >= 11 is 5.68. The lowest BCUT2D eigenvalue weighted by Crippen LogP contribution is -1.88. The Hall–Kier alpha value is -1.48. The third kappa shape index (κ3) is 8.34. The summed E-state index contributed by atoms with van der Waals surface area (Å²) in [7, 11) is 0. The molecule has 0 unspecified atom stereocenters. The van der Waals surface area contributed by atoms with E-state index in [0.717, 1.165) is 6.08 Å². The van der Waals surface area contributed by atoms with Gasteiger partial charge in [-0.05, 0) is 23.8 Å². The average molecular weight is 258 g/mol. The van der Waals surface area contributed by atoms with Crippen LogP contribution < -0.4 is 5.73 Å². The fourth-order valence-corrected chi connectivity index (χ4v) is 0.951. The minimum atomic E-state index is -0.992. The molecule has 96 valence electrons. The summed E-state index contributed by atoms with van der Waals surface area (Å²) in [6, 6.07) is 4.93. The number of anilines is 1. The maximum atomic E-state index is 10.2. The van der Waals surface area contributed by atoms with E-state index in [0.29, 0.717) is 16.3 Å². The van der Waals surface area contributed by atoms with Crippen molar-refractivity contribution < 1.29 is 9.90 Å². The van der Waals surface area contributed by atoms with Crippen LogP contribution in [0.1, 0.15) is 33.3 Å². The molecule has 0 bridgehead atoms. The van der Waals surface area contributed by atoms with Crippen LogP contribution in [0.2, 0.25) is 5.02 Å². The maximum absolute atomic E-state index is 10.2. The number of hydrogen-bond donors (Lipinski definition) is 2. The first-order valence-electron chi connectivity index (χ1n) is 5.55. The Kier molecular flexibility index (Phi) is 11.6. The number of benzene rings is 1. The number of rotatable bonds is 2. The number of nitrogen functional groups attached to an aromatic ring is 1. The second kappa shape index (κ2) is 11.0. The van der Waals surface area contributed by atoms with Crippen molar-refractivity contribution in [1.82, 2.24) is 0 Å². The summed E-state index contributed by atoms with van der Waals surface area (Å²) < 4.78 is 0. The zero-order chi connectivity index (χ0) is 13.8. The van der Waals surface area contributed by atoms with Gasteiger partial charge in [-0.1, -0.05) is 45.4 Å². The van der Waals surface area contributed by atoms with Crippen LogP contribution in [0, 0.1) is 0 Å². The number of carbonyl (C=O) groups is 1. The molecule has 1 aromatic carbocycles. The smallest absolute Gasteiger partial charge is 0.328 e. The van der Waals surface area contributed by atoms with Crippen LogP contribution >= 0.6 is 11.6 Å². The highest BCUT2D eigenvalue weighted by Gasteiger charge is 1.95. The Morgan fingerprint density at radius 3 is 2.24 bits per heavy atom. The van der Waals surface area contributed by atoms with Gasteiger partial charge in [0.15, 0.2) is 0 Å². The monoisotopic (exact) mass is 257 g/mol. The number of nitrogens with two attached hydrogens (primary N) is 1. The molecule has 0 aliphatic carbocycles. The molecule has 4 heteroatoms. The van der Waals surface area contributed by atoms with Gasteiger partial charge in [-0.2, -0.15) is 0 Å².